The van der Waals surface area contributed by atoms with Crippen molar-refractivity contribution < 1.29 is 9.26 Å². The molecule has 0 fully saturated rings. The second kappa shape index (κ2) is 4.93. The molecule has 18 heavy (non-hydrogen) atoms. The SMILES string of the molecule is COc1c(NCc2noc(C)n2)sc(C#N)c1N. The molecule has 0 radical (unpaired) electrons. The first kappa shape index (κ1) is 12.2. The predicted molar refractivity (Wildman–Crippen MR) is 66.4 cm³/mol. The number of nitrogens with zero attached hydrogens (tertiary/aromatic N) is 3. The van der Waals surface area contributed by atoms with Crippen molar-refractivity contribution in [2.75, 3.05) is 18.2 Å². The topological polar surface area (TPSA) is 110 Å². The van der Waals surface area contributed by atoms with E-state index in [-0.39, 0.29) is 0 Å². The molecular weight excluding hydrogens is 254 g/mol. The van der Waals surface area contributed by atoms with Crippen LogP contribution in [-0.2, 0) is 6.54 Å². The van der Waals surface area contributed by atoms with Gasteiger partial charge in [-0.05, 0) is 0 Å². The smallest absolute Gasteiger partial charge is 0.223 e. The van der Waals surface area contributed by atoms with E-state index in [2.05, 4.69) is 15.5 Å². The summed E-state index contributed by atoms with van der Waals surface area (Å²) in [5.74, 6) is 1.50. The highest BCUT2D eigenvalue weighted by atomic mass is 32.1. The molecule has 0 unspecified atom stereocenters. The maximum Gasteiger partial charge on any atom is 0.223 e. The molecule has 2 aromatic rings. The number of rotatable bonds is 4. The Labute approximate surface area is 107 Å². The number of ether oxygens (including phenoxy) is 1. The van der Waals surface area contributed by atoms with Gasteiger partial charge in [-0.1, -0.05) is 5.16 Å². The molecule has 0 aliphatic carbocycles. The summed E-state index contributed by atoms with van der Waals surface area (Å²) >= 11 is 1.23. The quantitative estimate of drug-likeness (QED) is 0.862. The first-order valence-corrected chi connectivity index (χ1v) is 5.86. The maximum atomic E-state index is 8.90. The van der Waals surface area contributed by atoms with Crippen LogP contribution in [0.25, 0.3) is 0 Å². The number of anilines is 2. The van der Waals surface area contributed by atoms with Gasteiger partial charge in [-0.15, -0.1) is 11.3 Å². The van der Waals surface area contributed by atoms with Gasteiger partial charge in [0.1, 0.15) is 21.6 Å². The Balaban J connectivity index is 2.16. The summed E-state index contributed by atoms with van der Waals surface area (Å²) in [4.78, 5) is 4.47. The van der Waals surface area contributed by atoms with E-state index in [9.17, 15) is 0 Å². The Hall–Kier alpha value is -2.27. The number of nitrogen functional groups attached to an aromatic ring is 1. The summed E-state index contributed by atoms with van der Waals surface area (Å²) in [6, 6.07) is 2.02. The standard InChI is InChI=1S/C10H11N5O2S/c1-5-14-7(15-17-5)4-13-10-9(16-2)8(12)6(3-11)18-10/h13H,4,12H2,1-2H3. The lowest BCUT2D eigenvalue weighted by molar-refractivity contribution is 0.388. The minimum absolute atomic E-state index is 0.344. The van der Waals surface area contributed by atoms with E-state index in [1.165, 1.54) is 18.4 Å². The van der Waals surface area contributed by atoms with Gasteiger partial charge in [-0.3, -0.25) is 0 Å². The molecule has 7 nitrogen and oxygen atoms in total. The van der Waals surface area contributed by atoms with E-state index < -0.39 is 0 Å². The van der Waals surface area contributed by atoms with Crippen LogP contribution in [-0.4, -0.2) is 17.3 Å². The maximum absolute atomic E-state index is 8.90. The van der Waals surface area contributed by atoms with Gasteiger partial charge in [0.15, 0.2) is 11.6 Å². The van der Waals surface area contributed by atoms with E-state index in [0.29, 0.717) is 39.6 Å². The number of thiophene rings is 1. The molecular formula is C10H11N5O2S. The number of nitrogens with two attached hydrogens (primary N) is 1. The fraction of sp³-hybridized carbons (Fsp3) is 0.300. The van der Waals surface area contributed by atoms with Crippen LogP contribution in [0.3, 0.4) is 0 Å². The van der Waals surface area contributed by atoms with E-state index in [0.717, 1.165) is 0 Å². The Morgan fingerprint density at radius 2 is 2.39 bits per heavy atom. The highest BCUT2D eigenvalue weighted by Gasteiger charge is 2.16. The van der Waals surface area contributed by atoms with Gasteiger partial charge >= 0.3 is 0 Å². The van der Waals surface area contributed by atoms with Crippen molar-refractivity contribution >= 4 is 22.0 Å². The van der Waals surface area contributed by atoms with Gasteiger partial charge < -0.3 is 20.3 Å². The van der Waals surface area contributed by atoms with Crippen LogP contribution in [0.4, 0.5) is 10.7 Å². The van der Waals surface area contributed by atoms with E-state index >= 15 is 0 Å². The Morgan fingerprint density at radius 1 is 1.61 bits per heavy atom. The molecule has 0 atom stereocenters. The third-order valence-electron chi connectivity index (χ3n) is 2.18. The molecule has 0 saturated carbocycles. The van der Waals surface area contributed by atoms with Crippen LogP contribution < -0.4 is 15.8 Å². The number of hydrogen-bond donors (Lipinski definition) is 2. The van der Waals surface area contributed by atoms with Crippen molar-refractivity contribution in [2.45, 2.75) is 13.5 Å². The monoisotopic (exact) mass is 265 g/mol. The van der Waals surface area contributed by atoms with Crippen molar-refractivity contribution in [1.29, 1.82) is 5.26 Å². The molecule has 2 rings (SSSR count). The average Bonchev–Trinajstić information content (AvgIpc) is 2.90. The van der Waals surface area contributed by atoms with Crippen LogP contribution in [0, 0.1) is 18.3 Å². The van der Waals surface area contributed by atoms with E-state index in [1.54, 1.807) is 6.92 Å². The molecule has 0 amide bonds. The third-order valence-corrected chi connectivity index (χ3v) is 3.23. The van der Waals surface area contributed by atoms with Gasteiger partial charge in [0.2, 0.25) is 5.89 Å². The lowest BCUT2D eigenvalue weighted by Gasteiger charge is -2.04. The van der Waals surface area contributed by atoms with Gasteiger partial charge in [0, 0.05) is 6.92 Å². The number of methoxy groups -OCH3 is 1. The molecule has 0 spiro atoms. The number of hydrogen-bond acceptors (Lipinski definition) is 8. The zero-order valence-electron chi connectivity index (χ0n) is 9.85. The van der Waals surface area contributed by atoms with Crippen LogP contribution >= 0.6 is 11.3 Å². The van der Waals surface area contributed by atoms with Crippen molar-refractivity contribution in [3.05, 3.63) is 16.6 Å². The van der Waals surface area contributed by atoms with Gasteiger partial charge in [-0.25, -0.2) is 0 Å². The molecule has 0 aliphatic rings. The lowest BCUT2D eigenvalue weighted by atomic mass is 10.4. The number of aromatic nitrogens is 2. The third kappa shape index (κ3) is 2.21. The summed E-state index contributed by atoms with van der Waals surface area (Å²) in [5.41, 5.74) is 6.12. The zero-order valence-corrected chi connectivity index (χ0v) is 10.7. The second-order valence-corrected chi connectivity index (χ2v) is 4.42. The minimum atomic E-state index is 0.344. The minimum Gasteiger partial charge on any atom is -0.492 e. The normalized spacial score (nSPS) is 10.1. The number of nitrogens with one attached hydrogen (secondary N) is 1. The van der Waals surface area contributed by atoms with Crippen LogP contribution in [0.2, 0.25) is 0 Å². The molecule has 94 valence electrons. The van der Waals surface area contributed by atoms with E-state index in [4.69, 9.17) is 20.3 Å². The summed E-state index contributed by atoms with van der Waals surface area (Å²) < 4.78 is 10.0. The van der Waals surface area contributed by atoms with Gasteiger partial charge in [0.25, 0.3) is 0 Å². The molecule has 2 aromatic heterocycles. The summed E-state index contributed by atoms with van der Waals surface area (Å²) in [6.45, 7) is 2.09. The second-order valence-electron chi connectivity index (χ2n) is 3.40. The average molecular weight is 265 g/mol. The largest absolute Gasteiger partial charge is 0.492 e. The van der Waals surface area contributed by atoms with Crippen LogP contribution in [0.5, 0.6) is 5.75 Å². The number of aryl methyl sites for hydroxylation is 1. The Bertz CT molecular complexity index is 598. The Kier molecular flexibility index (Phi) is 3.34. The molecule has 0 saturated heterocycles. The highest BCUT2D eigenvalue weighted by Crippen LogP contribution is 2.41. The fourth-order valence-electron chi connectivity index (χ4n) is 1.40. The highest BCUT2D eigenvalue weighted by molar-refractivity contribution is 7.17. The predicted octanol–water partition coefficient (Wildman–Crippen LogP) is 1.51. The van der Waals surface area contributed by atoms with Gasteiger partial charge in [-0.2, -0.15) is 10.2 Å². The lowest BCUT2D eigenvalue weighted by Crippen LogP contribution is -2.01. The van der Waals surface area contributed by atoms with Crippen LogP contribution in [0.15, 0.2) is 4.52 Å². The molecule has 2 heterocycles. The molecule has 3 N–H and O–H groups in total. The number of nitriles is 1. The van der Waals surface area contributed by atoms with Crippen LogP contribution in [0.1, 0.15) is 16.6 Å². The summed E-state index contributed by atoms with van der Waals surface area (Å²) in [6.07, 6.45) is 0. The first-order valence-electron chi connectivity index (χ1n) is 5.05. The zero-order chi connectivity index (χ0) is 13.1. The first-order chi connectivity index (χ1) is 8.65. The van der Waals surface area contributed by atoms with Crippen molar-refractivity contribution in [3.8, 4) is 11.8 Å². The molecule has 0 bridgehead atoms. The Morgan fingerprint density at radius 3 is 2.94 bits per heavy atom. The summed E-state index contributed by atoms with van der Waals surface area (Å²) in [5, 5.41) is 16.4. The van der Waals surface area contributed by atoms with Crippen molar-refractivity contribution in [1.82, 2.24) is 10.1 Å². The van der Waals surface area contributed by atoms with Gasteiger partial charge in [0.05, 0.1) is 13.7 Å². The van der Waals surface area contributed by atoms with Crippen molar-refractivity contribution in [3.63, 3.8) is 0 Å². The molecule has 0 aliphatic heterocycles. The molecule has 0 aromatic carbocycles. The van der Waals surface area contributed by atoms with E-state index in [1.807, 2.05) is 6.07 Å². The van der Waals surface area contributed by atoms with Crippen molar-refractivity contribution in [2.24, 2.45) is 0 Å². The summed E-state index contributed by atoms with van der Waals surface area (Å²) in [7, 11) is 1.50. The fourth-order valence-corrected chi connectivity index (χ4v) is 2.29. The molecule has 8 heteroatoms.